The highest BCUT2D eigenvalue weighted by Gasteiger charge is 2.29. The molecule has 2 aromatic rings. The fourth-order valence-electron chi connectivity index (χ4n) is 3.48. The van der Waals surface area contributed by atoms with Gasteiger partial charge in [-0.1, -0.05) is 13.3 Å². The number of rotatable bonds is 11. The molecule has 0 bridgehead atoms. The van der Waals surface area contributed by atoms with Gasteiger partial charge in [-0.25, -0.2) is 9.59 Å². The van der Waals surface area contributed by atoms with Crippen LogP contribution in [-0.4, -0.2) is 43.4 Å². The Labute approximate surface area is 203 Å². The Morgan fingerprint density at radius 1 is 0.879 bits per heavy atom. The van der Waals surface area contributed by atoms with Crippen LogP contribution in [0.1, 0.15) is 72.6 Å². The summed E-state index contributed by atoms with van der Waals surface area (Å²) < 4.78 is 23.1. The van der Waals surface area contributed by atoms with Gasteiger partial charge in [0.2, 0.25) is 0 Å². The van der Waals surface area contributed by atoms with Crippen LogP contribution in [0.15, 0.2) is 16.6 Å². The molecule has 8 heteroatoms. The van der Waals surface area contributed by atoms with Gasteiger partial charge in [-0.05, 0) is 74.7 Å². The summed E-state index contributed by atoms with van der Waals surface area (Å²) >= 11 is 3.59. The third-order valence-corrected chi connectivity index (χ3v) is 5.45. The minimum absolute atomic E-state index is 0.193. The zero-order valence-electron chi connectivity index (χ0n) is 20.2. The van der Waals surface area contributed by atoms with Gasteiger partial charge in [0, 0.05) is 5.56 Å². The largest absolute Gasteiger partial charge is 0.490 e. The zero-order valence-corrected chi connectivity index (χ0v) is 21.8. The average molecular weight is 522 g/mol. The molecule has 0 amide bonds. The number of aryl methyl sites for hydroxylation is 2. The number of esters is 2. The summed E-state index contributed by atoms with van der Waals surface area (Å²) in [6.45, 7) is 12.2. The minimum atomic E-state index is -0.555. The van der Waals surface area contributed by atoms with Gasteiger partial charge >= 0.3 is 11.9 Å². The summed E-state index contributed by atoms with van der Waals surface area (Å²) in [7, 11) is 0. The highest BCUT2D eigenvalue weighted by atomic mass is 79.9. The van der Waals surface area contributed by atoms with E-state index in [2.05, 4.69) is 27.8 Å². The fraction of sp³-hybridized carbons (Fsp3) is 0.480. The number of aromatic nitrogens is 1. The van der Waals surface area contributed by atoms with Crippen LogP contribution in [-0.2, 0) is 9.47 Å². The molecule has 0 radical (unpaired) electrons. The van der Waals surface area contributed by atoms with Gasteiger partial charge in [0.1, 0.15) is 0 Å². The number of carbonyl (C=O) groups excluding carboxylic acids is 2. The molecule has 0 saturated heterocycles. The topological polar surface area (TPSA) is 84.0 Å². The van der Waals surface area contributed by atoms with Gasteiger partial charge in [-0.2, -0.15) is 0 Å². The smallest absolute Gasteiger partial charge is 0.340 e. The van der Waals surface area contributed by atoms with Crippen molar-refractivity contribution in [2.45, 2.75) is 54.4 Å². The number of benzene rings is 1. The van der Waals surface area contributed by atoms with E-state index in [-0.39, 0.29) is 24.3 Å². The number of unbranched alkanes of at least 4 members (excludes halogenated alkanes) is 1. The van der Waals surface area contributed by atoms with Crippen molar-refractivity contribution in [3.05, 3.63) is 39.1 Å². The molecule has 0 N–H and O–H groups in total. The molecule has 33 heavy (non-hydrogen) atoms. The van der Waals surface area contributed by atoms with Crippen molar-refractivity contribution in [3.63, 3.8) is 0 Å². The summed E-state index contributed by atoms with van der Waals surface area (Å²) in [6, 6.07) is 3.58. The van der Waals surface area contributed by atoms with Crippen LogP contribution in [0.25, 0.3) is 11.1 Å². The Morgan fingerprint density at radius 3 is 1.94 bits per heavy atom. The first-order valence-corrected chi connectivity index (χ1v) is 12.0. The second-order valence-corrected chi connectivity index (χ2v) is 8.12. The molecule has 1 aromatic carbocycles. The van der Waals surface area contributed by atoms with E-state index in [4.69, 9.17) is 18.9 Å². The van der Waals surface area contributed by atoms with E-state index in [1.165, 1.54) is 0 Å². The van der Waals surface area contributed by atoms with Crippen LogP contribution in [0.3, 0.4) is 0 Å². The van der Waals surface area contributed by atoms with Crippen LogP contribution in [0, 0.1) is 13.8 Å². The van der Waals surface area contributed by atoms with Crippen LogP contribution < -0.4 is 9.47 Å². The van der Waals surface area contributed by atoms with Crippen LogP contribution in [0.2, 0.25) is 0 Å². The number of carbonyl (C=O) groups is 2. The Hall–Kier alpha value is -2.61. The third kappa shape index (κ3) is 6.25. The van der Waals surface area contributed by atoms with E-state index in [0.29, 0.717) is 51.7 Å². The lowest BCUT2D eigenvalue weighted by Crippen LogP contribution is -2.17. The maximum atomic E-state index is 13.0. The summed E-state index contributed by atoms with van der Waals surface area (Å²) in [5.74, 6) is -0.0255. The lowest BCUT2D eigenvalue weighted by atomic mass is 9.92. The molecular weight excluding hydrogens is 490 g/mol. The van der Waals surface area contributed by atoms with Crippen LogP contribution >= 0.6 is 15.9 Å². The van der Waals surface area contributed by atoms with E-state index in [1.807, 2.05) is 13.0 Å². The van der Waals surface area contributed by atoms with Crippen LogP contribution in [0.5, 0.6) is 11.5 Å². The van der Waals surface area contributed by atoms with Crippen molar-refractivity contribution < 1.29 is 28.5 Å². The molecule has 0 saturated carbocycles. The Bertz CT molecular complexity index is 963. The molecule has 180 valence electrons. The Morgan fingerprint density at radius 2 is 1.45 bits per heavy atom. The molecular formula is C25H32BrNO6. The van der Waals surface area contributed by atoms with Gasteiger partial charge in [-0.15, -0.1) is 0 Å². The molecule has 0 aliphatic carbocycles. The number of pyridine rings is 1. The van der Waals surface area contributed by atoms with Gasteiger partial charge in [0.25, 0.3) is 0 Å². The van der Waals surface area contributed by atoms with Gasteiger partial charge in [0.05, 0.1) is 53.4 Å². The maximum Gasteiger partial charge on any atom is 0.340 e. The third-order valence-electron chi connectivity index (χ3n) is 4.86. The van der Waals surface area contributed by atoms with Crippen molar-refractivity contribution in [3.8, 4) is 22.6 Å². The first-order valence-electron chi connectivity index (χ1n) is 11.2. The summed E-state index contributed by atoms with van der Waals surface area (Å²) in [4.78, 5) is 30.4. The van der Waals surface area contributed by atoms with E-state index >= 15 is 0 Å². The lowest BCUT2D eigenvalue weighted by Gasteiger charge is -2.20. The number of ether oxygens (including phenoxy) is 4. The molecule has 0 aliphatic rings. The van der Waals surface area contributed by atoms with Gasteiger partial charge in [-0.3, -0.25) is 4.98 Å². The Balaban J connectivity index is 2.84. The molecule has 1 aromatic heterocycles. The van der Waals surface area contributed by atoms with E-state index in [0.717, 1.165) is 12.8 Å². The second-order valence-electron chi connectivity index (χ2n) is 7.27. The average Bonchev–Trinajstić information content (AvgIpc) is 2.75. The monoisotopic (exact) mass is 521 g/mol. The molecule has 0 aliphatic heterocycles. The number of hydrogen-bond acceptors (Lipinski definition) is 7. The summed E-state index contributed by atoms with van der Waals surface area (Å²) in [6.07, 6.45) is 1.91. The zero-order chi connectivity index (χ0) is 24.5. The first kappa shape index (κ1) is 26.6. The van der Waals surface area contributed by atoms with Crippen molar-refractivity contribution in [2.24, 2.45) is 0 Å². The van der Waals surface area contributed by atoms with Gasteiger partial charge in [0.15, 0.2) is 11.5 Å². The maximum absolute atomic E-state index is 13.0. The Kier molecular flexibility index (Phi) is 10.2. The van der Waals surface area contributed by atoms with E-state index in [9.17, 15) is 9.59 Å². The highest BCUT2D eigenvalue weighted by molar-refractivity contribution is 9.10. The molecule has 0 fully saturated rings. The fourth-order valence-corrected chi connectivity index (χ4v) is 4.04. The van der Waals surface area contributed by atoms with Crippen molar-refractivity contribution in [1.29, 1.82) is 0 Å². The quantitative estimate of drug-likeness (QED) is 0.262. The minimum Gasteiger partial charge on any atom is -0.490 e. The lowest BCUT2D eigenvalue weighted by molar-refractivity contribution is 0.0525. The molecule has 0 atom stereocenters. The molecule has 2 rings (SSSR count). The SMILES string of the molecule is CCCCOc1c(Br)cc(-c2c(C(=O)OCC)c(C)nc(C)c2C(=O)OCC)cc1OCC. The molecule has 7 nitrogen and oxygen atoms in total. The molecule has 0 spiro atoms. The van der Waals surface area contributed by atoms with Crippen LogP contribution in [0.4, 0.5) is 0 Å². The normalized spacial score (nSPS) is 10.6. The van der Waals surface area contributed by atoms with Crippen molar-refractivity contribution >= 4 is 27.9 Å². The predicted octanol–water partition coefficient (Wildman–Crippen LogP) is 6.06. The summed E-state index contributed by atoms with van der Waals surface area (Å²) in [5, 5.41) is 0. The number of halogens is 1. The van der Waals surface area contributed by atoms with E-state index in [1.54, 1.807) is 33.8 Å². The van der Waals surface area contributed by atoms with Gasteiger partial charge < -0.3 is 18.9 Å². The summed E-state index contributed by atoms with van der Waals surface area (Å²) in [5.41, 5.74) is 2.36. The molecule has 1 heterocycles. The molecule has 0 unspecified atom stereocenters. The van der Waals surface area contributed by atoms with Crippen molar-refractivity contribution in [2.75, 3.05) is 26.4 Å². The van der Waals surface area contributed by atoms with E-state index < -0.39 is 11.9 Å². The highest BCUT2D eigenvalue weighted by Crippen LogP contribution is 2.42. The predicted molar refractivity (Wildman–Crippen MR) is 130 cm³/mol. The number of nitrogens with zero attached hydrogens (tertiary/aromatic N) is 1. The second kappa shape index (κ2) is 12.6. The number of hydrogen-bond donors (Lipinski definition) is 0. The standard InChI is InChI=1S/C25H32BrNO6/c1-7-11-12-33-23-18(26)13-17(14-19(23)30-8-2)22-20(24(28)31-9-3)15(5)27-16(6)21(22)25(29)32-10-4/h13-14H,7-12H2,1-6H3. The first-order chi connectivity index (χ1) is 15.8. The van der Waals surface area contributed by atoms with Crippen molar-refractivity contribution in [1.82, 2.24) is 4.98 Å².